The van der Waals surface area contributed by atoms with Crippen molar-refractivity contribution in [3.8, 4) is 0 Å². The summed E-state index contributed by atoms with van der Waals surface area (Å²) in [7, 11) is 0.745. The lowest BCUT2D eigenvalue weighted by Crippen LogP contribution is -2.07. The van der Waals surface area contributed by atoms with E-state index in [1.165, 1.54) is 12.1 Å². The number of carbonyl (C=O) groups excluding carboxylic acids is 1. The molecule has 0 saturated heterocycles. The van der Waals surface area contributed by atoms with E-state index in [0.717, 1.165) is 5.56 Å². The molecule has 70 valence electrons. The van der Waals surface area contributed by atoms with Crippen molar-refractivity contribution in [1.29, 1.82) is 0 Å². The molecular weight excluding hydrogens is 212 g/mol. The molecule has 13 heavy (non-hydrogen) atoms. The van der Waals surface area contributed by atoms with Crippen molar-refractivity contribution in [3.63, 3.8) is 0 Å². The van der Waals surface area contributed by atoms with Gasteiger partial charge in [0.05, 0.1) is 0 Å². The molecule has 0 atom stereocenters. The van der Waals surface area contributed by atoms with Gasteiger partial charge in [-0.25, -0.2) is 8.42 Å². The molecule has 0 saturated carbocycles. The molecule has 0 spiro atoms. The lowest BCUT2D eigenvalue weighted by atomic mass is 10.2. The molecule has 1 aromatic rings. The molecule has 1 aromatic carbocycles. The molecule has 0 aliphatic carbocycles. The predicted octanol–water partition coefficient (Wildman–Crippen LogP) is 1.70. The molecule has 0 amide bonds. The second-order valence-electron chi connectivity index (χ2n) is 2.59. The molecule has 0 aliphatic heterocycles. The Morgan fingerprint density at radius 1 is 1.23 bits per heavy atom. The van der Waals surface area contributed by atoms with Crippen LogP contribution >= 0.6 is 10.7 Å². The van der Waals surface area contributed by atoms with Crippen molar-refractivity contribution in [2.75, 3.05) is 0 Å². The Hall–Kier alpha value is -0.870. The highest BCUT2D eigenvalue weighted by Crippen LogP contribution is 2.10. The second-order valence-corrected chi connectivity index (χ2v) is 5.06. The maximum atomic E-state index is 11.1. The summed E-state index contributed by atoms with van der Waals surface area (Å²) in [5.74, 6) is 0. The Bertz CT molecular complexity index is 419. The highest BCUT2D eigenvalue weighted by atomic mass is 35.7. The number of aryl methyl sites for hydroxylation is 1. The van der Waals surface area contributed by atoms with Gasteiger partial charge < -0.3 is 0 Å². The fourth-order valence-electron chi connectivity index (χ4n) is 0.830. The maximum absolute atomic E-state index is 11.1. The summed E-state index contributed by atoms with van der Waals surface area (Å²) in [6.45, 7) is 1.84. The van der Waals surface area contributed by atoms with Gasteiger partial charge in [0.25, 0.3) is 14.2 Å². The minimum atomic E-state index is -4.14. The summed E-state index contributed by atoms with van der Waals surface area (Å²) >= 11 is 0. The third kappa shape index (κ3) is 2.54. The summed E-state index contributed by atoms with van der Waals surface area (Å²) < 4.78 is 21.3. The van der Waals surface area contributed by atoms with Crippen molar-refractivity contribution in [3.05, 3.63) is 35.4 Å². The highest BCUT2D eigenvalue weighted by Gasteiger charge is 2.20. The van der Waals surface area contributed by atoms with Gasteiger partial charge >= 0.3 is 0 Å². The van der Waals surface area contributed by atoms with Crippen LogP contribution in [0.4, 0.5) is 0 Å². The van der Waals surface area contributed by atoms with Crippen LogP contribution in [-0.4, -0.2) is 13.5 Å². The van der Waals surface area contributed by atoms with Crippen molar-refractivity contribution in [2.45, 2.75) is 6.92 Å². The van der Waals surface area contributed by atoms with E-state index in [2.05, 4.69) is 0 Å². The molecule has 0 fully saturated rings. The van der Waals surface area contributed by atoms with Gasteiger partial charge in [0.1, 0.15) is 0 Å². The monoisotopic (exact) mass is 218 g/mol. The smallest absolute Gasteiger partial charge is 0.275 e. The average molecular weight is 219 g/mol. The molecule has 1 rings (SSSR count). The molecule has 0 radical (unpaired) electrons. The fourth-order valence-corrected chi connectivity index (χ4v) is 1.52. The van der Waals surface area contributed by atoms with E-state index < -0.39 is 14.2 Å². The number of rotatable bonds is 1. The fraction of sp³-hybridized carbons (Fsp3) is 0.125. The molecule has 0 unspecified atom stereocenters. The van der Waals surface area contributed by atoms with E-state index in [4.69, 9.17) is 10.7 Å². The number of carbonyl (C=O) groups is 1. The van der Waals surface area contributed by atoms with Crippen LogP contribution in [-0.2, 0) is 9.05 Å². The lowest BCUT2D eigenvalue weighted by Gasteiger charge is -1.96. The summed E-state index contributed by atoms with van der Waals surface area (Å²) in [5.41, 5.74) is 1.03. The Morgan fingerprint density at radius 2 is 1.69 bits per heavy atom. The standard InChI is InChI=1S/C8H7ClO3S/c1-6-2-4-7(5-3-6)8(10)13(9,11)12/h2-5H,1H3. The van der Waals surface area contributed by atoms with Crippen LogP contribution in [0.3, 0.4) is 0 Å². The van der Waals surface area contributed by atoms with Crippen LogP contribution < -0.4 is 0 Å². The largest absolute Gasteiger partial charge is 0.299 e. The van der Waals surface area contributed by atoms with Gasteiger partial charge in [0, 0.05) is 16.2 Å². The SMILES string of the molecule is Cc1ccc(C(=O)S(=O)(=O)Cl)cc1. The summed E-state index contributed by atoms with van der Waals surface area (Å²) in [6, 6.07) is 6.15. The number of hydrogen-bond acceptors (Lipinski definition) is 3. The van der Waals surface area contributed by atoms with E-state index in [9.17, 15) is 13.2 Å². The van der Waals surface area contributed by atoms with E-state index >= 15 is 0 Å². The minimum Gasteiger partial charge on any atom is -0.275 e. The lowest BCUT2D eigenvalue weighted by molar-refractivity contribution is 0.107. The molecule has 0 aliphatic rings. The van der Waals surface area contributed by atoms with Crippen molar-refractivity contribution in [1.82, 2.24) is 0 Å². The first kappa shape index (κ1) is 10.2. The second kappa shape index (κ2) is 3.47. The van der Waals surface area contributed by atoms with Gasteiger partial charge in [-0.2, -0.15) is 0 Å². The molecule has 0 aromatic heterocycles. The topological polar surface area (TPSA) is 51.2 Å². The minimum absolute atomic E-state index is 0.0839. The Balaban J connectivity index is 3.12. The van der Waals surface area contributed by atoms with Crippen LogP contribution in [0.5, 0.6) is 0 Å². The van der Waals surface area contributed by atoms with E-state index in [1.807, 2.05) is 6.92 Å². The Kier molecular flexibility index (Phi) is 2.73. The zero-order valence-corrected chi connectivity index (χ0v) is 8.39. The third-order valence-corrected chi connectivity index (χ3v) is 2.61. The summed E-state index contributed by atoms with van der Waals surface area (Å²) in [4.78, 5) is 11.1. The number of benzene rings is 1. The molecule has 0 N–H and O–H groups in total. The Morgan fingerprint density at radius 3 is 2.08 bits per heavy atom. The summed E-state index contributed by atoms with van der Waals surface area (Å²) in [6.07, 6.45) is 0. The van der Waals surface area contributed by atoms with Gasteiger partial charge in [-0.1, -0.05) is 17.7 Å². The van der Waals surface area contributed by atoms with Crippen molar-refractivity contribution < 1.29 is 13.2 Å². The Labute approximate surface area is 80.8 Å². The molecule has 0 bridgehead atoms. The molecular formula is C8H7ClO3S. The quantitative estimate of drug-likeness (QED) is 0.675. The molecule has 5 heteroatoms. The number of hydrogen-bond donors (Lipinski definition) is 0. The highest BCUT2D eigenvalue weighted by molar-refractivity contribution is 8.25. The van der Waals surface area contributed by atoms with Crippen molar-refractivity contribution >= 4 is 24.8 Å². The first-order valence-corrected chi connectivity index (χ1v) is 5.78. The first-order chi connectivity index (χ1) is 5.91. The summed E-state index contributed by atoms with van der Waals surface area (Å²) in [5, 5.41) is -1.06. The van der Waals surface area contributed by atoms with Gasteiger partial charge in [0.15, 0.2) is 0 Å². The van der Waals surface area contributed by atoms with E-state index in [-0.39, 0.29) is 5.56 Å². The zero-order valence-electron chi connectivity index (χ0n) is 6.82. The third-order valence-electron chi connectivity index (χ3n) is 1.51. The average Bonchev–Trinajstić information content (AvgIpc) is 2.03. The molecule has 0 heterocycles. The van der Waals surface area contributed by atoms with Gasteiger partial charge in [-0.15, -0.1) is 0 Å². The van der Waals surface area contributed by atoms with Crippen LogP contribution in [0.25, 0.3) is 0 Å². The van der Waals surface area contributed by atoms with Crippen LogP contribution in [0.2, 0.25) is 0 Å². The first-order valence-electron chi connectivity index (χ1n) is 3.47. The number of halogens is 1. The van der Waals surface area contributed by atoms with E-state index in [1.54, 1.807) is 12.1 Å². The zero-order chi connectivity index (χ0) is 10.1. The van der Waals surface area contributed by atoms with Gasteiger partial charge in [-0.05, 0) is 19.1 Å². The van der Waals surface area contributed by atoms with E-state index in [0.29, 0.717) is 0 Å². The predicted molar refractivity (Wildman–Crippen MR) is 50.3 cm³/mol. The van der Waals surface area contributed by atoms with Gasteiger partial charge in [-0.3, -0.25) is 4.79 Å². The molecule has 3 nitrogen and oxygen atoms in total. The van der Waals surface area contributed by atoms with Crippen molar-refractivity contribution in [2.24, 2.45) is 0 Å². The normalized spacial score (nSPS) is 11.2. The van der Waals surface area contributed by atoms with Gasteiger partial charge in [0.2, 0.25) is 0 Å². The maximum Gasteiger partial charge on any atom is 0.299 e. The van der Waals surface area contributed by atoms with Crippen LogP contribution in [0.1, 0.15) is 15.9 Å². The van der Waals surface area contributed by atoms with Crippen LogP contribution in [0, 0.1) is 6.92 Å². The van der Waals surface area contributed by atoms with Crippen LogP contribution in [0.15, 0.2) is 24.3 Å².